The van der Waals surface area contributed by atoms with Crippen LogP contribution in [-0.4, -0.2) is 34.6 Å². The van der Waals surface area contributed by atoms with Crippen LogP contribution in [0.3, 0.4) is 0 Å². The molecule has 5 rings (SSSR count). The Hall–Kier alpha value is -3.59. The molecular weight excluding hydrogens is 427 g/mol. The first-order valence-electron chi connectivity index (χ1n) is 10.7. The zero-order valence-corrected chi connectivity index (χ0v) is 18.1. The molecule has 170 valence electrons. The molecular formula is C24H23FN4O4. The van der Waals surface area contributed by atoms with Crippen LogP contribution in [0.5, 0.6) is 0 Å². The van der Waals surface area contributed by atoms with Gasteiger partial charge in [0.15, 0.2) is 0 Å². The van der Waals surface area contributed by atoms with Gasteiger partial charge in [-0.1, -0.05) is 24.3 Å². The molecule has 33 heavy (non-hydrogen) atoms. The molecule has 0 radical (unpaired) electrons. The van der Waals surface area contributed by atoms with E-state index in [0.29, 0.717) is 16.8 Å². The zero-order chi connectivity index (χ0) is 23.7. The van der Waals surface area contributed by atoms with Crippen molar-refractivity contribution in [3.05, 3.63) is 64.5 Å². The van der Waals surface area contributed by atoms with Crippen molar-refractivity contribution in [2.45, 2.75) is 38.4 Å². The number of amides is 4. The molecule has 4 amide bonds. The van der Waals surface area contributed by atoms with Gasteiger partial charge >= 0.3 is 0 Å². The van der Waals surface area contributed by atoms with Gasteiger partial charge < -0.3 is 11.1 Å². The number of nitrogens with zero attached hydrogens (tertiary/aromatic N) is 1. The molecule has 0 saturated carbocycles. The third-order valence-corrected chi connectivity index (χ3v) is 7.19. The monoisotopic (exact) mass is 450 g/mol. The van der Waals surface area contributed by atoms with Gasteiger partial charge in [0.2, 0.25) is 23.6 Å². The number of imide groups is 1. The van der Waals surface area contributed by atoms with Crippen LogP contribution in [0.4, 0.5) is 10.1 Å². The summed E-state index contributed by atoms with van der Waals surface area (Å²) in [6, 6.07) is 8.39. The third kappa shape index (κ3) is 2.92. The van der Waals surface area contributed by atoms with E-state index in [9.17, 15) is 23.6 Å². The van der Waals surface area contributed by atoms with E-state index in [1.54, 1.807) is 6.07 Å². The third-order valence-electron chi connectivity index (χ3n) is 7.19. The lowest BCUT2D eigenvalue weighted by molar-refractivity contribution is -0.143. The minimum atomic E-state index is -1.48. The molecule has 3 heterocycles. The number of nitrogens with two attached hydrogens (primary N) is 1. The van der Waals surface area contributed by atoms with Crippen molar-refractivity contribution in [3.63, 3.8) is 0 Å². The first-order valence-corrected chi connectivity index (χ1v) is 10.7. The summed E-state index contributed by atoms with van der Waals surface area (Å²) < 4.78 is 13.3. The highest BCUT2D eigenvalue weighted by Crippen LogP contribution is 2.54. The van der Waals surface area contributed by atoms with E-state index in [1.165, 1.54) is 24.3 Å². The Kier molecular flexibility index (Phi) is 4.65. The normalized spacial score (nSPS) is 27.8. The number of nitrogens with one attached hydrogen (secondary N) is 2. The average Bonchev–Trinajstić information content (AvgIpc) is 3.33. The quantitative estimate of drug-likeness (QED) is 0.605. The van der Waals surface area contributed by atoms with Crippen molar-refractivity contribution in [1.29, 1.82) is 0 Å². The maximum atomic E-state index is 13.7. The maximum absolute atomic E-state index is 13.7. The number of rotatable bonds is 4. The lowest BCUT2D eigenvalue weighted by Crippen LogP contribution is -2.53. The standard InChI is InChI=1S/C24H23FN4O4/c1-11-3-8-15-20(12(11)2)27-23(33)24(15)19-18(16(28-24)9-17(26)30)21(31)29(22(19)32)10-13-4-6-14(25)7-5-13/h3-8,16,18-19,28H,9-10H2,1-2H3,(H2,26,30)(H,27,33)/t16-,18-,19+,24-/m1/s1. The van der Waals surface area contributed by atoms with E-state index in [0.717, 1.165) is 16.0 Å². The van der Waals surface area contributed by atoms with Gasteiger partial charge in [0.1, 0.15) is 11.4 Å². The van der Waals surface area contributed by atoms with Crippen LogP contribution in [0.1, 0.15) is 28.7 Å². The number of benzene rings is 2. The van der Waals surface area contributed by atoms with Crippen molar-refractivity contribution < 1.29 is 23.6 Å². The van der Waals surface area contributed by atoms with E-state index >= 15 is 0 Å². The van der Waals surface area contributed by atoms with Crippen LogP contribution in [0.15, 0.2) is 36.4 Å². The molecule has 1 spiro atoms. The summed E-state index contributed by atoms with van der Waals surface area (Å²) in [6.07, 6.45) is -0.195. The fourth-order valence-electron chi connectivity index (χ4n) is 5.50. The second-order valence-electron chi connectivity index (χ2n) is 9.01. The minimum Gasteiger partial charge on any atom is -0.370 e. The van der Waals surface area contributed by atoms with Crippen LogP contribution in [0.25, 0.3) is 0 Å². The van der Waals surface area contributed by atoms with Gasteiger partial charge in [-0.3, -0.25) is 29.4 Å². The molecule has 3 aliphatic heterocycles. The number of primary amides is 1. The summed E-state index contributed by atoms with van der Waals surface area (Å²) in [5.74, 6) is -4.44. The molecule has 2 aromatic carbocycles. The average molecular weight is 450 g/mol. The fraction of sp³-hybridized carbons (Fsp3) is 0.333. The Labute approximate surface area is 189 Å². The van der Waals surface area contributed by atoms with Crippen molar-refractivity contribution in [1.82, 2.24) is 10.2 Å². The summed E-state index contributed by atoms with van der Waals surface area (Å²) in [7, 11) is 0. The molecule has 3 aliphatic rings. The van der Waals surface area contributed by atoms with Crippen LogP contribution in [0.2, 0.25) is 0 Å². The number of carbonyl (C=O) groups is 4. The second kappa shape index (κ2) is 7.21. The number of carbonyl (C=O) groups excluding carboxylic acids is 4. The Balaban J connectivity index is 1.61. The number of aryl methyl sites for hydroxylation is 1. The lowest BCUT2D eigenvalue weighted by atomic mass is 9.76. The summed E-state index contributed by atoms with van der Waals surface area (Å²) >= 11 is 0. The van der Waals surface area contributed by atoms with Crippen molar-refractivity contribution >= 4 is 29.3 Å². The number of hydrogen-bond acceptors (Lipinski definition) is 5. The predicted molar refractivity (Wildman–Crippen MR) is 116 cm³/mol. The van der Waals surface area contributed by atoms with E-state index in [2.05, 4.69) is 10.6 Å². The number of likely N-dealkylation sites (tertiary alicyclic amines) is 1. The Bertz CT molecular complexity index is 1230. The van der Waals surface area contributed by atoms with Crippen molar-refractivity contribution in [2.24, 2.45) is 17.6 Å². The fourth-order valence-corrected chi connectivity index (χ4v) is 5.50. The van der Waals surface area contributed by atoms with Gasteiger partial charge in [-0.15, -0.1) is 0 Å². The van der Waals surface area contributed by atoms with Gasteiger partial charge in [-0.2, -0.15) is 0 Å². The van der Waals surface area contributed by atoms with Crippen molar-refractivity contribution in [3.8, 4) is 0 Å². The molecule has 0 unspecified atom stereocenters. The SMILES string of the molecule is Cc1ccc2c(c1C)NC(=O)[C@@]21N[C@H](CC(N)=O)[C@H]2C(=O)N(Cc3ccc(F)cc3)C(=O)[C@H]21. The summed E-state index contributed by atoms with van der Waals surface area (Å²) in [6.45, 7) is 3.75. The molecule has 2 saturated heterocycles. The van der Waals surface area contributed by atoms with Gasteiger partial charge in [-0.05, 0) is 42.7 Å². The first-order chi connectivity index (χ1) is 15.6. The largest absolute Gasteiger partial charge is 0.370 e. The van der Waals surface area contributed by atoms with E-state index in [1.807, 2.05) is 19.9 Å². The molecule has 4 N–H and O–H groups in total. The van der Waals surface area contributed by atoms with E-state index in [-0.39, 0.29) is 13.0 Å². The highest BCUT2D eigenvalue weighted by molar-refractivity contribution is 6.15. The molecule has 0 aliphatic carbocycles. The Morgan fingerprint density at radius 3 is 2.45 bits per heavy atom. The van der Waals surface area contributed by atoms with Crippen LogP contribution in [-0.2, 0) is 31.3 Å². The summed E-state index contributed by atoms with van der Waals surface area (Å²) in [5.41, 5.74) is 7.58. The molecule has 9 heteroatoms. The Morgan fingerprint density at radius 2 is 1.79 bits per heavy atom. The molecule has 2 aromatic rings. The number of hydrogen-bond donors (Lipinski definition) is 3. The van der Waals surface area contributed by atoms with Crippen LogP contribution >= 0.6 is 0 Å². The van der Waals surface area contributed by atoms with Crippen LogP contribution in [0, 0.1) is 31.5 Å². The highest BCUT2D eigenvalue weighted by Gasteiger charge is 2.70. The molecule has 2 fully saturated rings. The van der Waals surface area contributed by atoms with Crippen molar-refractivity contribution in [2.75, 3.05) is 5.32 Å². The molecule has 8 nitrogen and oxygen atoms in total. The Morgan fingerprint density at radius 1 is 1.09 bits per heavy atom. The molecule has 4 atom stereocenters. The predicted octanol–water partition coefficient (Wildman–Crippen LogP) is 1.24. The first kappa shape index (κ1) is 21.3. The molecule has 0 aromatic heterocycles. The van der Waals surface area contributed by atoms with E-state index < -0.39 is 52.9 Å². The van der Waals surface area contributed by atoms with E-state index in [4.69, 9.17) is 5.73 Å². The number of fused-ring (bicyclic) bond motifs is 4. The smallest absolute Gasteiger partial charge is 0.250 e. The van der Waals surface area contributed by atoms with Gasteiger partial charge in [0, 0.05) is 23.7 Å². The summed E-state index contributed by atoms with van der Waals surface area (Å²) in [4.78, 5) is 53.4. The molecule has 0 bridgehead atoms. The van der Waals surface area contributed by atoms with Gasteiger partial charge in [0.25, 0.3) is 0 Å². The summed E-state index contributed by atoms with van der Waals surface area (Å²) in [5, 5.41) is 6.06. The van der Waals surface area contributed by atoms with Gasteiger partial charge in [0.05, 0.1) is 18.4 Å². The van der Waals surface area contributed by atoms with Crippen LogP contribution < -0.4 is 16.4 Å². The maximum Gasteiger partial charge on any atom is 0.250 e. The van der Waals surface area contributed by atoms with Gasteiger partial charge in [-0.25, -0.2) is 4.39 Å². The second-order valence-corrected chi connectivity index (χ2v) is 9.01. The lowest BCUT2D eigenvalue weighted by Gasteiger charge is -2.29. The minimum absolute atomic E-state index is 0.0499. The number of halogens is 1. The topological polar surface area (TPSA) is 122 Å². The zero-order valence-electron chi connectivity index (χ0n) is 18.1. The number of anilines is 1. The highest BCUT2D eigenvalue weighted by atomic mass is 19.1.